The van der Waals surface area contributed by atoms with Gasteiger partial charge in [-0.25, -0.2) is 9.18 Å². The van der Waals surface area contributed by atoms with Gasteiger partial charge in [0.2, 0.25) is 5.91 Å². The monoisotopic (exact) mass is 385 g/mol. The highest BCUT2D eigenvalue weighted by Gasteiger charge is 2.52. The number of benzene rings is 2. The van der Waals surface area contributed by atoms with Crippen LogP contribution in [-0.4, -0.2) is 53.5 Å². The number of carboxylic acids is 1. The van der Waals surface area contributed by atoms with E-state index in [9.17, 15) is 19.1 Å². The van der Waals surface area contributed by atoms with E-state index in [0.29, 0.717) is 13.2 Å². The second-order valence-electron chi connectivity index (χ2n) is 7.07. The zero-order valence-corrected chi connectivity index (χ0v) is 15.1. The molecule has 1 unspecified atom stereocenters. The summed E-state index contributed by atoms with van der Waals surface area (Å²) in [6.45, 7) is 0.925. The van der Waals surface area contributed by atoms with Gasteiger partial charge in [-0.15, -0.1) is 0 Å². The number of amides is 1. The minimum Gasteiger partial charge on any atom is -0.480 e. The molecule has 4 rings (SSSR count). The van der Waals surface area contributed by atoms with E-state index in [-0.39, 0.29) is 31.1 Å². The van der Waals surface area contributed by atoms with Crippen LogP contribution in [0.5, 0.6) is 0 Å². The number of halogens is 1. The molecular formula is C21H20FNO5. The van der Waals surface area contributed by atoms with Crippen LogP contribution < -0.4 is 0 Å². The third kappa shape index (κ3) is 3.63. The summed E-state index contributed by atoms with van der Waals surface area (Å²) in [5.74, 6) is -2.63. The average molecular weight is 385 g/mol. The number of carbonyl (C=O) groups is 2. The number of carboxylic acid groups (broad SMARTS) is 1. The van der Waals surface area contributed by atoms with E-state index in [2.05, 4.69) is 0 Å². The predicted molar refractivity (Wildman–Crippen MR) is 97.9 cm³/mol. The Labute approximate surface area is 161 Å². The molecule has 0 saturated carbocycles. The van der Waals surface area contributed by atoms with E-state index >= 15 is 0 Å². The van der Waals surface area contributed by atoms with Crippen molar-refractivity contribution in [2.24, 2.45) is 0 Å². The lowest BCUT2D eigenvalue weighted by atomic mass is 10.0. The number of ether oxygens (including phenoxy) is 2. The Balaban J connectivity index is 1.46. The maximum atomic E-state index is 13.1. The van der Waals surface area contributed by atoms with Gasteiger partial charge in [0, 0.05) is 6.42 Å². The molecule has 1 N–H and O–H groups in total. The summed E-state index contributed by atoms with van der Waals surface area (Å²) < 4.78 is 24.2. The van der Waals surface area contributed by atoms with E-state index in [0.717, 1.165) is 16.7 Å². The lowest BCUT2D eigenvalue weighted by Crippen LogP contribution is -2.42. The fraction of sp³-hybridized carbons (Fsp3) is 0.333. The molecule has 2 heterocycles. The SMILES string of the molecule is O=C(O)C1CC2(CN1C(=O)Cc1ccc(-c3ccc(F)cc3)cc1)OCCO2. The third-order valence-electron chi connectivity index (χ3n) is 5.20. The minimum absolute atomic E-state index is 0.0869. The fourth-order valence-corrected chi connectivity index (χ4v) is 3.76. The van der Waals surface area contributed by atoms with Gasteiger partial charge in [0.05, 0.1) is 26.2 Å². The van der Waals surface area contributed by atoms with Gasteiger partial charge in [-0.2, -0.15) is 0 Å². The standard InChI is InChI=1S/C21H20FNO5/c22-17-7-5-16(6-8-17)15-3-1-14(2-4-15)11-19(24)23-13-21(27-9-10-28-21)12-18(23)20(25)26/h1-8,18H,9-13H2,(H,25,26). The molecule has 0 aromatic heterocycles. The van der Waals surface area contributed by atoms with E-state index in [1.165, 1.54) is 17.0 Å². The van der Waals surface area contributed by atoms with E-state index < -0.39 is 17.8 Å². The Kier molecular flexibility index (Phi) is 4.87. The molecule has 2 saturated heterocycles. The van der Waals surface area contributed by atoms with Crippen molar-refractivity contribution in [2.75, 3.05) is 19.8 Å². The zero-order valence-electron chi connectivity index (χ0n) is 15.1. The molecule has 2 aromatic carbocycles. The van der Waals surface area contributed by atoms with Crippen LogP contribution in [-0.2, 0) is 25.5 Å². The number of aliphatic carboxylic acids is 1. The summed E-state index contributed by atoms with van der Waals surface area (Å²) in [7, 11) is 0. The van der Waals surface area contributed by atoms with Crippen molar-refractivity contribution in [3.05, 3.63) is 59.9 Å². The van der Waals surface area contributed by atoms with Crippen LogP contribution in [0.3, 0.4) is 0 Å². The van der Waals surface area contributed by atoms with Crippen molar-refractivity contribution in [2.45, 2.75) is 24.7 Å². The Hall–Kier alpha value is -2.77. The maximum Gasteiger partial charge on any atom is 0.326 e. The first-order chi connectivity index (χ1) is 13.5. The molecule has 2 aliphatic heterocycles. The highest BCUT2D eigenvalue weighted by molar-refractivity contribution is 5.86. The average Bonchev–Trinajstić information content (AvgIpc) is 3.31. The van der Waals surface area contributed by atoms with Crippen molar-refractivity contribution in [3.8, 4) is 11.1 Å². The Morgan fingerprint density at radius 2 is 1.61 bits per heavy atom. The first-order valence-electron chi connectivity index (χ1n) is 9.11. The van der Waals surface area contributed by atoms with Gasteiger partial charge in [-0.1, -0.05) is 36.4 Å². The molecule has 2 aliphatic rings. The molecule has 1 spiro atoms. The van der Waals surface area contributed by atoms with Crippen LogP contribution in [0, 0.1) is 5.82 Å². The van der Waals surface area contributed by atoms with Crippen molar-refractivity contribution < 1.29 is 28.6 Å². The Morgan fingerprint density at radius 3 is 2.18 bits per heavy atom. The van der Waals surface area contributed by atoms with Crippen molar-refractivity contribution in [1.29, 1.82) is 0 Å². The van der Waals surface area contributed by atoms with Gasteiger partial charge in [0.15, 0.2) is 5.79 Å². The molecule has 0 radical (unpaired) electrons. The number of hydrogen-bond donors (Lipinski definition) is 1. The largest absolute Gasteiger partial charge is 0.480 e. The van der Waals surface area contributed by atoms with Crippen LogP contribution in [0.1, 0.15) is 12.0 Å². The van der Waals surface area contributed by atoms with E-state index in [1.54, 1.807) is 12.1 Å². The van der Waals surface area contributed by atoms with Gasteiger partial charge in [-0.3, -0.25) is 4.79 Å². The van der Waals surface area contributed by atoms with Crippen molar-refractivity contribution >= 4 is 11.9 Å². The molecule has 0 bridgehead atoms. The highest BCUT2D eigenvalue weighted by atomic mass is 19.1. The maximum absolute atomic E-state index is 13.1. The summed E-state index contributed by atoms with van der Waals surface area (Å²) in [6.07, 6.45) is 0.223. The molecular weight excluding hydrogens is 365 g/mol. The zero-order chi connectivity index (χ0) is 19.7. The molecule has 1 atom stereocenters. The molecule has 2 fully saturated rings. The highest BCUT2D eigenvalue weighted by Crippen LogP contribution is 2.35. The van der Waals surface area contributed by atoms with Gasteiger partial charge < -0.3 is 19.5 Å². The second kappa shape index (κ2) is 7.33. The smallest absolute Gasteiger partial charge is 0.326 e. The molecule has 6 nitrogen and oxygen atoms in total. The van der Waals surface area contributed by atoms with E-state index in [1.807, 2.05) is 24.3 Å². The quantitative estimate of drug-likeness (QED) is 0.875. The first kappa shape index (κ1) is 18.6. The number of rotatable bonds is 4. The Morgan fingerprint density at radius 1 is 1.04 bits per heavy atom. The van der Waals surface area contributed by atoms with Crippen LogP contribution >= 0.6 is 0 Å². The fourth-order valence-electron chi connectivity index (χ4n) is 3.76. The lowest BCUT2D eigenvalue weighted by molar-refractivity contribution is -0.152. The van der Waals surface area contributed by atoms with Crippen molar-refractivity contribution in [1.82, 2.24) is 4.90 Å². The summed E-state index contributed by atoms with van der Waals surface area (Å²) >= 11 is 0. The number of carbonyl (C=O) groups excluding carboxylic acids is 1. The number of nitrogens with zero attached hydrogens (tertiary/aromatic N) is 1. The van der Waals surface area contributed by atoms with Gasteiger partial charge >= 0.3 is 5.97 Å². The Bertz CT molecular complexity index is 875. The molecule has 7 heteroatoms. The summed E-state index contributed by atoms with van der Waals surface area (Å²) in [5.41, 5.74) is 2.56. The molecule has 146 valence electrons. The van der Waals surface area contributed by atoms with Crippen LogP contribution in [0.4, 0.5) is 4.39 Å². The normalized spacial score (nSPS) is 20.6. The molecule has 1 amide bonds. The summed E-state index contributed by atoms with van der Waals surface area (Å²) in [5, 5.41) is 9.49. The van der Waals surface area contributed by atoms with Gasteiger partial charge in [0.1, 0.15) is 11.9 Å². The van der Waals surface area contributed by atoms with Gasteiger partial charge in [0.25, 0.3) is 0 Å². The van der Waals surface area contributed by atoms with Crippen molar-refractivity contribution in [3.63, 3.8) is 0 Å². The molecule has 2 aromatic rings. The number of likely N-dealkylation sites (tertiary alicyclic amines) is 1. The minimum atomic E-state index is -1.06. The van der Waals surface area contributed by atoms with Crippen LogP contribution in [0.2, 0.25) is 0 Å². The number of hydrogen-bond acceptors (Lipinski definition) is 4. The van der Waals surface area contributed by atoms with Crippen LogP contribution in [0.15, 0.2) is 48.5 Å². The lowest BCUT2D eigenvalue weighted by Gasteiger charge is -2.23. The predicted octanol–water partition coefficient (Wildman–Crippen LogP) is 2.46. The summed E-state index contributed by atoms with van der Waals surface area (Å²) in [4.78, 5) is 25.7. The second-order valence-corrected chi connectivity index (χ2v) is 7.07. The third-order valence-corrected chi connectivity index (χ3v) is 5.20. The van der Waals surface area contributed by atoms with Gasteiger partial charge in [-0.05, 0) is 28.8 Å². The van der Waals surface area contributed by atoms with E-state index in [4.69, 9.17) is 9.47 Å². The first-order valence-corrected chi connectivity index (χ1v) is 9.11. The summed E-state index contributed by atoms with van der Waals surface area (Å²) in [6, 6.07) is 12.6. The topological polar surface area (TPSA) is 76.1 Å². The molecule has 28 heavy (non-hydrogen) atoms. The van der Waals surface area contributed by atoms with Crippen LogP contribution in [0.25, 0.3) is 11.1 Å². The molecule has 0 aliphatic carbocycles.